The van der Waals surface area contributed by atoms with E-state index >= 15 is 0 Å². The van der Waals surface area contributed by atoms with E-state index in [0.717, 1.165) is 75.7 Å². The van der Waals surface area contributed by atoms with E-state index in [-0.39, 0.29) is 11.8 Å². The largest absolute Gasteiger partial charge is 0.378 e. The SMILES string of the molecule is CN(CCc1ccccc1)C(=O)C1CCc2nc(N3CCOCC3)ncc2C1. The summed E-state index contributed by atoms with van der Waals surface area (Å²) in [6.45, 7) is 3.88. The van der Waals surface area contributed by atoms with Gasteiger partial charge in [-0.05, 0) is 36.8 Å². The van der Waals surface area contributed by atoms with Crippen molar-refractivity contribution in [1.29, 1.82) is 0 Å². The van der Waals surface area contributed by atoms with Gasteiger partial charge in [-0.1, -0.05) is 30.3 Å². The van der Waals surface area contributed by atoms with Crippen LogP contribution < -0.4 is 4.90 Å². The first kappa shape index (κ1) is 18.9. The van der Waals surface area contributed by atoms with Crippen LogP contribution in [0.2, 0.25) is 0 Å². The van der Waals surface area contributed by atoms with Gasteiger partial charge in [0.2, 0.25) is 11.9 Å². The third kappa shape index (κ3) is 4.33. The number of carbonyl (C=O) groups is 1. The number of nitrogens with zero attached hydrogens (tertiary/aromatic N) is 4. The minimum absolute atomic E-state index is 0.0334. The second kappa shape index (κ2) is 8.69. The summed E-state index contributed by atoms with van der Waals surface area (Å²) in [5.41, 5.74) is 3.49. The summed E-state index contributed by atoms with van der Waals surface area (Å²) in [6, 6.07) is 10.3. The summed E-state index contributed by atoms with van der Waals surface area (Å²) in [6.07, 6.45) is 5.27. The lowest BCUT2D eigenvalue weighted by Crippen LogP contribution is -2.38. The maximum Gasteiger partial charge on any atom is 0.225 e. The van der Waals surface area contributed by atoms with Gasteiger partial charge >= 0.3 is 0 Å². The van der Waals surface area contributed by atoms with E-state index < -0.39 is 0 Å². The van der Waals surface area contributed by atoms with Crippen LogP contribution in [0.4, 0.5) is 5.95 Å². The molecule has 1 saturated heterocycles. The van der Waals surface area contributed by atoms with Crippen molar-refractivity contribution < 1.29 is 9.53 Å². The smallest absolute Gasteiger partial charge is 0.225 e. The van der Waals surface area contributed by atoms with E-state index in [9.17, 15) is 4.79 Å². The Hall–Kier alpha value is -2.47. The quantitative estimate of drug-likeness (QED) is 0.795. The number of likely N-dealkylation sites (N-methyl/N-ethyl adjacent to an activating group) is 1. The monoisotopic (exact) mass is 380 g/mol. The number of anilines is 1. The molecular weight excluding hydrogens is 352 g/mol. The third-order valence-electron chi connectivity index (χ3n) is 5.74. The summed E-state index contributed by atoms with van der Waals surface area (Å²) in [7, 11) is 1.92. The zero-order chi connectivity index (χ0) is 19.3. The van der Waals surface area contributed by atoms with E-state index in [4.69, 9.17) is 9.72 Å². The summed E-state index contributed by atoms with van der Waals surface area (Å²) >= 11 is 0. The standard InChI is InChI=1S/C22H28N4O2/c1-25(10-9-17-5-3-2-4-6-17)21(27)18-7-8-20-19(15-18)16-23-22(24-20)26-11-13-28-14-12-26/h2-6,16,18H,7-15H2,1H3. The molecule has 6 nitrogen and oxygen atoms in total. The third-order valence-corrected chi connectivity index (χ3v) is 5.74. The normalized spacial score (nSPS) is 19.2. The molecule has 0 saturated carbocycles. The lowest BCUT2D eigenvalue weighted by molar-refractivity contribution is -0.134. The summed E-state index contributed by atoms with van der Waals surface area (Å²) < 4.78 is 5.41. The molecule has 2 aromatic rings. The van der Waals surface area contributed by atoms with Crippen LogP contribution >= 0.6 is 0 Å². The minimum Gasteiger partial charge on any atom is -0.378 e. The average molecular weight is 380 g/mol. The minimum atomic E-state index is 0.0334. The molecule has 1 amide bonds. The molecule has 1 aliphatic carbocycles. The van der Waals surface area contributed by atoms with Crippen LogP contribution in [0.1, 0.15) is 23.2 Å². The van der Waals surface area contributed by atoms with Gasteiger partial charge in [-0.25, -0.2) is 9.97 Å². The first-order valence-corrected chi connectivity index (χ1v) is 10.2. The Bertz CT molecular complexity index is 805. The first-order valence-electron chi connectivity index (χ1n) is 10.2. The Labute approximate surface area is 166 Å². The van der Waals surface area contributed by atoms with Crippen molar-refractivity contribution in [3.63, 3.8) is 0 Å². The molecule has 1 aromatic heterocycles. The highest BCUT2D eigenvalue weighted by atomic mass is 16.5. The van der Waals surface area contributed by atoms with E-state index in [2.05, 4.69) is 22.0 Å². The van der Waals surface area contributed by atoms with Crippen molar-refractivity contribution in [1.82, 2.24) is 14.9 Å². The highest BCUT2D eigenvalue weighted by molar-refractivity contribution is 5.79. The van der Waals surface area contributed by atoms with Gasteiger partial charge in [-0.15, -0.1) is 0 Å². The van der Waals surface area contributed by atoms with E-state index in [0.29, 0.717) is 0 Å². The molecule has 2 heterocycles. The van der Waals surface area contributed by atoms with Crippen molar-refractivity contribution in [3.05, 3.63) is 53.3 Å². The fraction of sp³-hybridized carbons (Fsp3) is 0.500. The second-order valence-electron chi connectivity index (χ2n) is 7.68. The van der Waals surface area contributed by atoms with Crippen LogP contribution in [0.25, 0.3) is 0 Å². The number of morpholine rings is 1. The van der Waals surface area contributed by atoms with Crippen molar-refractivity contribution >= 4 is 11.9 Å². The Kier molecular flexibility index (Phi) is 5.86. The van der Waals surface area contributed by atoms with Gasteiger partial charge in [0.15, 0.2) is 0 Å². The van der Waals surface area contributed by atoms with Crippen molar-refractivity contribution in [2.45, 2.75) is 25.7 Å². The van der Waals surface area contributed by atoms with Gasteiger partial charge < -0.3 is 14.5 Å². The van der Waals surface area contributed by atoms with E-state index in [1.807, 2.05) is 36.3 Å². The number of amides is 1. The molecule has 4 rings (SSSR count). The summed E-state index contributed by atoms with van der Waals surface area (Å²) in [5.74, 6) is 1.07. The first-order chi connectivity index (χ1) is 13.7. The summed E-state index contributed by atoms with van der Waals surface area (Å²) in [5, 5.41) is 0. The predicted octanol–water partition coefficient (Wildman–Crippen LogP) is 2.12. The molecular formula is C22H28N4O2. The maximum atomic E-state index is 12.9. The number of hydrogen-bond donors (Lipinski definition) is 0. The Balaban J connectivity index is 1.35. The molecule has 1 aromatic carbocycles. The molecule has 0 N–H and O–H groups in total. The van der Waals surface area contributed by atoms with Crippen molar-refractivity contribution in [3.8, 4) is 0 Å². The molecule has 1 unspecified atom stereocenters. The van der Waals surface area contributed by atoms with E-state index in [1.165, 1.54) is 5.56 Å². The maximum absolute atomic E-state index is 12.9. The van der Waals surface area contributed by atoms with Gasteiger partial charge in [-0.3, -0.25) is 4.79 Å². The highest BCUT2D eigenvalue weighted by Gasteiger charge is 2.28. The molecule has 1 aliphatic heterocycles. The molecule has 148 valence electrons. The number of ether oxygens (including phenoxy) is 1. The van der Waals surface area contributed by atoms with Crippen LogP contribution in [0.3, 0.4) is 0 Å². The average Bonchev–Trinajstić information content (AvgIpc) is 2.77. The molecule has 6 heteroatoms. The lowest BCUT2D eigenvalue weighted by Gasteiger charge is -2.30. The van der Waals surface area contributed by atoms with Gasteiger partial charge in [0.05, 0.1) is 13.2 Å². The molecule has 2 aliphatic rings. The van der Waals surface area contributed by atoms with Gasteiger partial charge in [0.1, 0.15) is 0 Å². The highest BCUT2D eigenvalue weighted by Crippen LogP contribution is 2.26. The number of fused-ring (bicyclic) bond motifs is 1. The molecule has 0 radical (unpaired) electrons. The van der Waals surface area contributed by atoms with Gasteiger partial charge in [0.25, 0.3) is 0 Å². The molecule has 28 heavy (non-hydrogen) atoms. The molecule has 1 atom stereocenters. The lowest BCUT2D eigenvalue weighted by atomic mass is 9.86. The van der Waals surface area contributed by atoms with Crippen LogP contribution in [-0.4, -0.2) is 60.7 Å². The molecule has 0 spiro atoms. The molecule has 0 bridgehead atoms. The number of benzene rings is 1. The van der Waals surface area contributed by atoms with Crippen molar-refractivity contribution in [2.75, 3.05) is 44.8 Å². The fourth-order valence-electron chi connectivity index (χ4n) is 3.99. The zero-order valence-corrected chi connectivity index (χ0v) is 16.5. The Morgan fingerprint density at radius 3 is 2.82 bits per heavy atom. The van der Waals surface area contributed by atoms with Crippen LogP contribution in [0.15, 0.2) is 36.5 Å². The van der Waals surface area contributed by atoms with Crippen LogP contribution in [0.5, 0.6) is 0 Å². The number of hydrogen-bond acceptors (Lipinski definition) is 5. The van der Waals surface area contributed by atoms with Crippen LogP contribution in [0, 0.1) is 5.92 Å². The number of aromatic nitrogens is 2. The topological polar surface area (TPSA) is 58.6 Å². The fourth-order valence-corrected chi connectivity index (χ4v) is 3.99. The summed E-state index contributed by atoms with van der Waals surface area (Å²) in [4.78, 5) is 26.3. The molecule has 1 fully saturated rings. The van der Waals surface area contributed by atoms with Crippen molar-refractivity contribution in [2.24, 2.45) is 5.92 Å². The number of carbonyl (C=O) groups excluding carboxylic acids is 1. The van der Waals surface area contributed by atoms with E-state index in [1.54, 1.807) is 0 Å². The zero-order valence-electron chi connectivity index (χ0n) is 16.5. The number of aryl methyl sites for hydroxylation is 1. The Morgan fingerprint density at radius 1 is 1.25 bits per heavy atom. The Morgan fingerprint density at radius 2 is 2.04 bits per heavy atom. The number of rotatable bonds is 5. The predicted molar refractivity (Wildman–Crippen MR) is 108 cm³/mol. The van der Waals surface area contributed by atoms with Gasteiger partial charge in [0, 0.05) is 44.5 Å². The van der Waals surface area contributed by atoms with Gasteiger partial charge in [-0.2, -0.15) is 0 Å². The van der Waals surface area contributed by atoms with Crippen LogP contribution in [-0.2, 0) is 28.8 Å². The second-order valence-corrected chi connectivity index (χ2v) is 7.68.